The largest absolute Gasteiger partial charge is 0.509 e. The first-order valence-corrected chi connectivity index (χ1v) is 15.8. The molecule has 9 nitrogen and oxygen atoms in total. The van der Waals surface area contributed by atoms with Gasteiger partial charge in [-0.1, -0.05) is 51.1 Å². The normalized spacial score (nSPS) is 20.3. The lowest BCUT2D eigenvalue weighted by molar-refractivity contribution is -0.172. The zero-order valence-corrected chi connectivity index (χ0v) is 25.3. The van der Waals surface area contributed by atoms with Gasteiger partial charge in [-0.15, -0.1) is 0 Å². The van der Waals surface area contributed by atoms with Gasteiger partial charge < -0.3 is 24.0 Å². The molecule has 1 heterocycles. The second-order valence-electron chi connectivity index (χ2n) is 12.5. The molecule has 1 aliphatic rings. The number of esters is 1. The second kappa shape index (κ2) is 11.6. The predicted octanol–water partition coefficient (Wildman–Crippen LogP) is 4.78. The average Bonchev–Trinajstić information content (AvgIpc) is 2.77. The number of amides is 1. The van der Waals surface area contributed by atoms with Crippen LogP contribution < -0.4 is 5.32 Å². The van der Waals surface area contributed by atoms with Crippen LogP contribution in [0.1, 0.15) is 61.0 Å². The van der Waals surface area contributed by atoms with Gasteiger partial charge in [-0.3, -0.25) is 14.4 Å². The van der Waals surface area contributed by atoms with Gasteiger partial charge in [0, 0.05) is 0 Å². The number of hydrogen-bond donors (Lipinski definition) is 1. The minimum atomic E-state index is -2.27. The van der Waals surface area contributed by atoms with Crippen LogP contribution in [0, 0.1) is 11.3 Å². The van der Waals surface area contributed by atoms with Crippen LogP contribution in [0.4, 0.5) is 4.79 Å². The van der Waals surface area contributed by atoms with E-state index in [0.29, 0.717) is 0 Å². The van der Waals surface area contributed by atoms with E-state index in [1.807, 2.05) is 18.2 Å². The third kappa shape index (κ3) is 7.44. The molecular weight excluding hydrogens is 506 g/mol. The highest BCUT2D eigenvalue weighted by Crippen LogP contribution is 2.42. The monoisotopic (exact) mass is 549 g/mol. The molecule has 1 amide bonds. The molecule has 212 valence electrons. The Morgan fingerprint density at radius 2 is 1.55 bits per heavy atom. The number of carbonyl (C=O) groups is 4. The maximum absolute atomic E-state index is 13.5. The fourth-order valence-corrected chi connectivity index (χ4v) is 5.37. The highest BCUT2D eigenvalue weighted by atomic mass is 28.4. The van der Waals surface area contributed by atoms with E-state index in [2.05, 4.69) is 39.2 Å². The first-order valence-electron chi connectivity index (χ1n) is 12.9. The van der Waals surface area contributed by atoms with Crippen LogP contribution >= 0.6 is 0 Å². The highest BCUT2D eigenvalue weighted by Gasteiger charge is 2.61. The number of nitrogens with one attached hydrogen (secondary N) is 1. The van der Waals surface area contributed by atoms with E-state index >= 15 is 0 Å². The lowest BCUT2D eigenvalue weighted by Gasteiger charge is -2.49. The molecule has 0 aromatic heterocycles. The molecule has 0 bridgehead atoms. The minimum absolute atomic E-state index is 0.0587. The van der Waals surface area contributed by atoms with Crippen molar-refractivity contribution in [2.75, 3.05) is 6.61 Å². The van der Waals surface area contributed by atoms with E-state index in [-0.39, 0.29) is 17.6 Å². The van der Waals surface area contributed by atoms with Crippen LogP contribution in [0.5, 0.6) is 0 Å². The first-order chi connectivity index (χ1) is 17.3. The van der Waals surface area contributed by atoms with Crippen molar-refractivity contribution in [3.63, 3.8) is 0 Å². The standard InChI is InChI=1S/C28H43NO8Si/c1-18(37-38(9,10)27(5,6)7)21-22(29-23(21)31)28(8,20(30)17-35-25(33)36-26(2,3)4)24(32)34-16-19-14-12-11-13-15-19/h11-15,18,21-22H,16-17H2,1-10H3,(H,29,31)/t18-,21?,22?,28?/m1/s1. The predicted molar refractivity (Wildman–Crippen MR) is 145 cm³/mol. The van der Waals surface area contributed by atoms with Crippen molar-refractivity contribution in [1.82, 2.24) is 5.32 Å². The SMILES string of the molecule is C[C@@H](O[Si](C)(C)C(C)(C)C)C1C(=O)NC1C(C)(C(=O)COC(=O)OC(C)(C)C)C(=O)OCc1ccccc1. The number of β-lactam (4-membered cyclic amide) rings is 1. The number of hydrogen-bond acceptors (Lipinski definition) is 8. The topological polar surface area (TPSA) is 117 Å². The number of benzene rings is 1. The Balaban J connectivity index is 2.31. The summed E-state index contributed by atoms with van der Waals surface area (Å²) >= 11 is 0. The van der Waals surface area contributed by atoms with Crippen molar-refractivity contribution >= 4 is 32.1 Å². The van der Waals surface area contributed by atoms with Gasteiger partial charge in [0.25, 0.3) is 0 Å². The Hall–Kier alpha value is -2.72. The van der Waals surface area contributed by atoms with Gasteiger partial charge in [-0.2, -0.15) is 0 Å². The molecule has 38 heavy (non-hydrogen) atoms. The molecule has 0 spiro atoms. The molecule has 1 aromatic carbocycles. The van der Waals surface area contributed by atoms with Gasteiger partial charge in [-0.25, -0.2) is 4.79 Å². The number of ether oxygens (including phenoxy) is 3. The fraction of sp³-hybridized carbons (Fsp3) is 0.643. The average molecular weight is 550 g/mol. The molecule has 1 aromatic rings. The quantitative estimate of drug-likeness (QED) is 0.192. The Morgan fingerprint density at radius 3 is 2.05 bits per heavy atom. The second-order valence-corrected chi connectivity index (χ2v) is 17.3. The van der Waals surface area contributed by atoms with Crippen LogP contribution in [0.15, 0.2) is 30.3 Å². The van der Waals surface area contributed by atoms with Crippen LogP contribution in [-0.2, 0) is 39.6 Å². The van der Waals surface area contributed by atoms with Gasteiger partial charge in [0.05, 0.1) is 18.1 Å². The van der Waals surface area contributed by atoms with Gasteiger partial charge in [0.1, 0.15) is 17.6 Å². The van der Waals surface area contributed by atoms with E-state index < -0.39 is 61.9 Å². The van der Waals surface area contributed by atoms with Crippen LogP contribution in [-0.4, -0.2) is 56.5 Å². The van der Waals surface area contributed by atoms with Gasteiger partial charge in [0.15, 0.2) is 20.7 Å². The molecule has 3 unspecified atom stereocenters. The molecular formula is C28H43NO8Si. The summed E-state index contributed by atoms with van der Waals surface area (Å²) in [6.07, 6.45) is -1.59. The van der Waals surface area contributed by atoms with Gasteiger partial charge in [-0.05, 0) is 58.3 Å². The van der Waals surface area contributed by atoms with Crippen molar-refractivity contribution in [3.05, 3.63) is 35.9 Å². The summed E-state index contributed by atoms with van der Waals surface area (Å²) < 4.78 is 22.2. The third-order valence-electron chi connectivity index (χ3n) is 7.30. The van der Waals surface area contributed by atoms with E-state index in [1.165, 1.54) is 6.92 Å². The van der Waals surface area contributed by atoms with Gasteiger partial charge >= 0.3 is 12.1 Å². The van der Waals surface area contributed by atoms with Crippen molar-refractivity contribution in [2.45, 2.75) is 97.9 Å². The lowest BCUT2D eigenvalue weighted by Crippen LogP contribution is -2.72. The summed E-state index contributed by atoms with van der Waals surface area (Å²) in [6.45, 7) is 17.8. The van der Waals surface area contributed by atoms with Crippen LogP contribution in [0.3, 0.4) is 0 Å². The maximum Gasteiger partial charge on any atom is 0.509 e. The Bertz CT molecular complexity index is 1030. The van der Waals surface area contributed by atoms with Crippen molar-refractivity contribution in [2.24, 2.45) is 11.3 Å². The molecule has 2 rings (SSSR count). The molecule has 1 N–H and O–H groups in total. The first kappa shape index (κ1) is 31.5. The molecule has 0 aliphatic carbocycles. The van der Waals surface area contributed by atoms with Gasteiger partial charge in [0.2, 0.25) is 5.91 Å². The van der Waals surface area contributed by atoms with E-state index in [4.69, 9.17) is 18.6 Å². The Kier molecular flexibility index (Phi) is 9.59. The minimum Gasteiger partial charge on any atom is -0.460 e. The molecule has 1 saturated heterocycles. The Labute approximate surface area is 227 Å². The molecule has 1 fully saturated rings. The molecule has 10 heteroatoms. The maximum atomic E-state index is 13.5. The van der Waals surface area contributed by atoms with E-state index in [1.54, 1.807) is 39.8 Å². The van der Waals surface area contributed by atoms with Crippen molar-refractivity contribution < 1.29 is 37.8 Å². The highest BCUT2D eigenvalue weighted by molar-refractivity contribution is 6.74. The number of ketones is 1. The van der Waals surface area contributed by atoms with Crippen LogP contribution in [0.2, 0.25) is 18.1 Å². The summed E-state index contributed by atoms with van der Waals surface area (Å²) in [4.78, 5) is 51.9. The molecule has 4 atom stereocenters. The summed E-state index contributed by atoms with van der Waals surface area (Å²) in [6, 6.07) is 8.13. The number of carbonyl (C=O) groups excluding carboxylic acids is 4. The summed E-state index contributed by atoms with van der Waals surface area (Å²) in [5, 5.41) is 2.62. The van der Waals surface area contributed by atoms with Crippen LogP contribution in [0.25, 0.3) is 0 Å². The summed E-state index contributed by atoms with van der Waals surface area (Å²) in [7, 11) is -2.27. The van der Waals surface area contributed by atoms with E-state index in [9.17, 15) is 19.2 Å². The van der Waals surface area contributed by atoms with E-state index in [0.717, 1.165) is 5.56 Å². The summed E-state index contributed by atoms with van der Waals surface area (Å²) in [5.74, 6) is -2.63. The zero-order chi connectivity index (χ0) is 29.1. The van der Waals surface area contributed by atoms with Crippen molar-refractivity contribution in [1.29, 1.82) is 0 Å². The molecule has 0 saturated carbocycles. The summed E-state index contributed by atoms with van der Waals surface area (Å²) in [5.41, 5.74) is -1.91. The molecule has 0 radical (unpaired) electrons. The lowest BCUT2D eigenvalue weighted by atomic mass is 9.67. The smallest absolute Gasteiger partial charge is 0.460 e. The Morgan fingerprint density at radius 1 is 0.974 bits per heavy atom. The zero-order valence-electron chi connectivity index (χ0n) is 24.3. The molecule has 1 aliphatic heterocycles. The third-order valence-corrected chi connectivity index (χ3v) is 11.9. The van der Waals surface area contributed by atoms with Crippen molar-refractivity contribution in [3.8, 4) is 0 Å². The number of Topliss-reactive ketones (excluding diaryl/α,β-unsaturated/α-hetero) is 1. The number of rotatable bonds is 10. The fourth-order valence-electron chi connectivity index (χ4n) is 3.94.